The summed E-state index contributed by atoms with van der Waals surface area (Å²) < 4.78 is 4.94. The molecule has 0 bridgehead atoms. The van der Waals surface area contributed by atoms with Crippen LogP contribution in [0, 0.1) is 0 Å². The van der Waals surface area contributed by atoms with E-state index < -0.39 is 0 Å². The highest BCUT2D eigenvalue weighted by atomic mass is 127. The molecule has 16 heavy (non-hydrogen) atoms. The third-order valence-electron chi connectivity index (χ3n) is 2.22. The lowest BCUT2D eigenvalue weighted by molar-refractivity contribution is -0.115. The van der Waals surface area contributed by atoms with Crippen molar-refractivity contribution in [1.82, 2.24) is 4.58 Å². The van der Waals surface area contributed by atoms with Crippen LogP contribution in [0.25, 0.3) is 0 Å². The molecule has 1 aliphatic heterocycles. The summed E-state index contributed by atoms with van der Waals surface area (Å²) in [4.78, 5) is 10.6. The molecular formula is C9H13IN2OS3. The molecule has 3 nitrogen and oxygen atoms in total. The van der Waals surface area contributed by atoms with Crippen LogP contribution in [-0.2, 0) is 4.79 Å². The Kier molecular flexibility index (Phi) is 6.30. The molecule has 0 radical (unpaired) electrons. The van der Waals surface area contributed by atoms with Crippen LogP contribution < -0.4 is 39.0 Å². The minimum absolute atomic E-state index is 0. The quantitative estimate of drug-likeness (QED) is 0.281. The molecule has 0 unspecified atom stereocenters. The molecule has 0 aromatic carbocycles. The van der Waals surface area contributed by atoms with Gasteiger partial charge < -0.3 is 29.7 Å². The lowest BCUT2D eigenvalue weighted by atomic mass is 10.4. The van der Waals surface area contributed by atoms with Gasteiger partial charge in [-0.05, 0) is 10.3 Å². The molecule has 0 spiro atoms. The van der Waals surface area contributed by atoms with Crippen LogP contribution >= 0.6 is 32.4 Å². The Balaban J connectivity index is 0.00000128. The smallest absolute Gasteiger partial charge is 0.268 e. The Hall–Kier alpha value is 0.400. The van der Waals surface area contributed by atoms with Crippen LogP contribution in [0.5, 0.6) is 0 Å². The summed E-state index contributed by atoms with van der Waals surface area (Å²) in [6.45, 7) is 2.35. The van der Waals surface area contributed by atoms with E-state index in [1.54, 1.807) is 20.7 Å². The third kappa shape index (κ3) is 4.01. The second-order valence-corrected chi connectivity index (χ2v) is 6.88. The largest absolute Gasteiger partial charge is 1.00 e. The van der Waals surface area contributed by atoms with Gasteiger partial charge in [-0.2, -0.15) is 0 Å². The average Bonchev–Trinajstić information content (AvgIpc) is 2.85. The van der Waals surface area contributed by atoms with Gasteiger partial charge in [0, 0.05) is 18.9 Å². The van der Waals surface area contributed by atoms with E-state index in [0.29, 0.717) is 5.75 Å². The third-order valence-corrected chi connectivity index (χ3v) is 6.19. The molecule has 1 aromatic rings. The van der Waals surface area contributed by atoms with Crippen LogP contribution in [0.4, 0.5) is 0 Å². The molecule has 1 fully saturated rings. The summed E-state index contributed by atoms with van der Waals surface area (Å²) in [6, 6.07) is 2.17. The molecule has 90 valence electrons. The fraction of sp³-hybridized carbons (Fsp3) is 0.556. The molecule has 2 heterocycles. The summed E-state index contributed by atoms with van der Waals surface area (Å²) in [5.41, 5.74) is 5.11. The Morgan fingerprint density at radius 1 is 1.44 bits per heavy atom. The first-order valence-electron chi connectivity index (χ1n) is 4.85. The molecule has 0 saturated carbocycles. The Morgan fingerprint density at radius 3 is 2.75 bits per heavy atom. The number of rotatable bonds is 3. The van der Waals surface area contributed by atoms with Crippen molar-refractivity contribution < 1.29 is 28.8 Å². The zero-order chi connectivity index (χ0) is 10.7. The number of nitrogens with zero attached hydrogens (tertiary/aromatic N) is 1. The van der Waals surface area contributed by atoms with E-state index in [1.165, 1.54) is 46.6 Å². The zero-order valence-corrected chi connectivity index (χ0v) is 13.3. The Labute approximate surface area is 123 Å². The number of hydrogen-bond donors (Lipinski definition) is 1. The first kappa shape index (κ1) is 14.5. The van der Waals surface area contributed by atoms with Gasteiger partial charge in [-0.3, -0.25) is 4.79 Å². The minimum atomic E-state index is -0.249. The molecule has 1 aromatic heterocycles. The number of carbonyl (C=O) groups excluding carboxylic acids is 1. The fourth-order valence-corrected chi connectivity index (χ4v) is 5.15. The molecular weight excluding hydrogens is 375 g/mol. The van der Waals surface area contributed by atoms with Crippen molar-refractivity contribution in [1.29, 1.82) is 0 Å². The van der Waals surface area contributed by atoms with E-state index in [0.717, 1.165) is 0 Å². The molecule has 7 heteroatoms. The highest BCUT2D eigenvalue weighted by Gasteiger charge is 2.15. The maximum Gasteiger partial charge on any atom is 0.268 e. The van der Waals surface area contributed by atoms with E-state index in [9.17, 15) is 4.79 Å². The number of thioether (sulfide) groups is 1. The molecule has 1 amide bonds. The van der Waals surface area contributed by atoms with Crippen LogP contribution in [0.15, 0.2) is 10.3 Å². The summed E-state index contributed by atoms with van der Waals surface area (Å²) in [7, 11) is 3.53. The van der Waals surface area contributed by atoms with Gasteiger partial charge in [0.25, 0.3) is 4.67 Å². The summed E-state index contributed by atoms with van der Waals surface area (Å²) in [5.74, 6) is 0.133. The topological polar surface area (TPSA) is 46.1 Å². The van der Waals surface area contributed by atoms with Gasteiger partial charge in [0.2, 0.25) is 5.91 Å². The van der Waals surface area contributed by atoms with Crippen molar-refractivity contribution in [3.63, 3.8) is 0 Å². The standard InChI is InChI=1S/C9H12N2OS3.HI/c10-7(12)6-13-9-5-8(14-15-9)11-3-1-2-4-11;/h5H,1-4,6H2,(H-,10,12);1H. The van der Waals surface area contributed by atoms with E-state index in [1.807, 2.05) is 0 Å². The average molecular weight is 388 g/mol. The number of halogens is 1. The first-order chi connectivity index (χ1) is 7.25. The molecule has 1 aliphatic rings. The Bertz CT molecular complexity index is 418. The van der Waals surface area contributed by atoms with Crippen molar-refractivity contribution in [2.24, 2.45) is 5.73 Å². The Morgan fingerprint density at radius 2 is 2.12 bits per heavy atom. The maximum atomic E-state index is 10.6. The van der Waals surface area contributed by atoms with E-state index in [-0.39, 0.29) is 29.9 Å². The van der Waals surface area contributed by atoms with Crippen molar-refractivity contribution in [2.45, 2.75) is 17.1 Å². The first-order valence-corrected chi connectivity index (χ1v) is 7.98. The van der Waals surface area contributed by atoms with Crippen LogP contribution in [0.2, 0.25) is 0 Å². The summed E-state index contributed by atoms with van der Waals surface area (Å²) in [6.07, 6.45) is 2.60. The lowest BCUT2D eigenvalue weighted by Crippen LogP contribution is -3.00. The molecule has 2 rings (SSSR count). The predicted octanol–water partition coefficient (Wildman–Crippen LogP) is -2.04. The fourth-order valence-electron chi connectivity index (χ4n) is 1.52. The highest BCUT2D eigenvalue weighted by molar-refractivity contribution is 8.03. The van der Waals surface area contributed by atoms with Gasteiger partial charge in [-0.15, -0.1) is 11.8 Å². The predicted molar refractivity (Wildman–Crippen MR) is 66.4 cm³/mol. The number of carbonyl (C=O) groups is 1. The molecule has 0 atom stereocenters. The minimum Gasteiger partial charge on any atom is -1.00 e. The number of amides is 1. The second-order valence-electron chi connectivity index (χ2n) is 3.42. The van der Waals surface area contributed by atoms with Gasteiger partial charge in [-0.1, -0.05) is 10.3 Å². The van der Waals surface area contributed by atoms with Crippen LogP contribution in [-0.4, -0.2) is 24.7 Å². The van der Waals surface area contributed by atoms with Crippen molar-refractivity contribution in [2.75, 3.05) is 18.8 Å². The molecule has 1 saturated heterocycles. The molecule has 0 aliphatic carbocycles. The van der Waals surface area contributed by atoms with Crippen molar-refractivity contribution >= 4 is 38.3 Å². The SMILES string of the molecule is NC(=O)CSc1cc(=[N+]2CCCC2)ss1.[I-]. The van der Waals surface area contributed by atoms with Gasteiger partial charge in [0.15, 0.2) is 0 Å². The van der Waals surface area contributed by atoms with Gasteiger partial charge in [0.05, 0.1) is 9.96 Å². The zero-order valence-electron chi connectivity index (χ0n) is 8.65. The highest BCUT2D eigenvalue weighted by Crippen LogP contribution is 2.23. The monoisotopic (exact) mass is 388 g/mol. The van der Waals surface area contributed by atoms with E-state index in [2.05, 4.69) is 10.6 Å². The van der Waals surface area contributed by atoms with E-state index >= 15 is 0 Å². The maximum absolute atomic E-state index is 10.6. The van der Waals surface area contributed by atoms with Gasteiger partial charge in [0.1, 0.15) is 13.1 Å². The normalized spacial score (nSPS) is 14.9. The number of nitrogens with two attached hydrogens (primary N) is 1. The summed E-state index contributed by atoms with van der Waals surface area (Å²) in [5, 5.41) is 0. The van der Waals surface area contributed by atoms with Crippen LogP contribution in [0.1, 0.15) is 12.8 Å². The summed E-state index contributed by atoms with van der Waals surface area (Å²) >= 11 is 1.54. The number of primary amides is 1. The van der Waals surface area contributed by atoms with Crippen LogP contribution in [0.3, 0.4) is 0 Å². The second kappa shape index (κ2) is 6.97. The van der Waals surface area contributed by atoms with Crippen molar-refractivity contribution in [3.8, 4) is 0 Å². The lowest BCUT2D eigenvalue weighted by Gasteiger charge is -1.89. The van der Waals surface area contributed by atoms with Gasteiger partial charge in [-0.25, -0.2) is 4.58 Å². The number of hydrogen-bond acceptors (Lipinski definition) is 4. The van der Waals surface area contributed by atoms with E-state index in [4.69, 9.17) is 5.73 Å². The molecule has 2 N–H and O–H groups in total. The van der Waals surface area contributed by atoms with Crippen molar-refractivity contribution in [3.05, 3.63) is 10.7 Å². The van der Waals surface area contributed by atoms with Gasteiger partial charge >= 0.3 is 0 Å².